The van der Waals surface area contributed by atoms with E-state index in [0.29, 0.717) is 32.0 Å². The van der Waals surface area contributed by atoms with Crippen LogP contribution in [-0.2, 0) is 4.79 Å². The molecule has 0 saturated carbocycles. The van der Waals surface area contributed by atoms with Gasteiger partial charge in [-0.1, -0.05) is 12.1 Å². The zero-order chi connectivity index (χ0) is 18.8. The Morgan fingerprint density at radius 3 is 2.67 bits per heavy atom. The predicted octanol–water partition coefficient (Wildman–Crippen LogP) is 2.78. The number of hydrogen-bond acceptors (Lipinski definition) is 3. The van der Waals surface area contributed by atoms with Gasteiger partial charge in [-0.15, -0.1) is 24.0 Å². The molecule has 1 unspecified atom stereocenters. The number of rotatable bonds is 8. The van der Waals surface area contributed by atoms with E-state index in [4.69, 9.17) is 4.74 Å². The van der Waals surface area contributed by atoms with E-state index in [2.05, 4.69) is 15.6 Å². The molecule has 1 fully saturated rings. The minimum absolute atomic E-state index is 0. The van der Waals surface area contributed by atoms with Gasteiger partial charge in [0.25, 0.3) is 0 Å². The van der Waals surface area contributed by atoms with Crippen molar-refractivity contribution in [1.29, 1.82) is 0 Å². The molecular formula is C19H30FIN4O2. The Morgan fingerprint density at radius 2 is 2.00 bits per heavy atom. The summed E-state index contributed by atoms with van der Waals surface area (Å²) < 4.78 is 19.2. The molecule has 1 aromatic rings. The molecule has 1 aliphatic heterocycles. The summed E-state index contributed by atoms with van der Waals surface area (Å²) in [5.41, 5.74) is 0. The lowest BCUT2D eigenvalue weighted by atomic mass is 10.3. The normalized spacial score (nSPS) is 15.1. The summed E-state index contributed by atoms with van der Waals surface area (Å²) in [7, 11) is 0. The maximum Gasteiger partial charge on any atom is 0.224 e. The highest BCUT2D eigenvalue weighted by atomic mass is 127. The average Bonchev–Trinajstić information content (AvgIpc) is 3.16. The smallest absolute Gasteiger partial charge is 0.224 e. The Balaban J connectivity index is 0.00000364. The van der Waals surface area contributed by atoms with Crippen LogP contribution in [0.25, 0.3) is 0 Å². The number of halogens is 2. The number of likely N-dealkylation sites (tertiary alicyclic amines) is 1. The molecule has 0 spiro atoms. The molecule has 1 aliphatic rings. The zero-order valence-corrected chi connectivity index (χ0v) is 18.4. The molecule has 2 rings (SSSR count). The van der Waals surface area contributed by atoms with E-state index in [1.165, 1.54) is 6.07 Å². The van der Waals surface area contributed by atoms with Crippen LogP contribution in [0.1, 0.15) is 33.1 Å². The van der Waals surface area contributed by atoms with Gasteiger partial charge in [0, 0.05) is 32.6 Å². The summed E-state index contributed by atoms with van der Waals surface area (Å²) >= 11 is 0. The number of nitrogens with zero attached hydrogens (tertiary/aromatic N) is 2. The number of guanidine groups is 1. The van der Waals surface area contributed by atoms with E-state index >= 15 is 0 Å². The van der Waals surface area contributed by atoms with Crippen molar-refractivity contribution in [2.24, 2.45) is 4.99 Å². The monoisotopic (exact) mass is 492 g/mol. The molecule has 1 atom stereocenters. The first-order chi connectivity index (χ1) is 12.6. The van der Waals surface area contributed by atoms with Gasteiger partial charge in [-0.2, -0.15) is 0 Å². The summed E-state index contributed by atoms with van der Waals surface area (Å²) in [6, 6.07) is 6.33. The van der Waals surface area contributed by atoms with Crippen molar-refractivity contribution in [3.05, 3.63) is 30.1 Å². The Bertz CT molecular complexity index is 609. The second-order valence-corrected chi connectivity index (χ2v) is 6.34. The molecule has 6 nitrogen and oxygen atoms in total. The summed E-state index contributed by atoms with van der Waals surface area (Å²) in [5, 5.41) is 6.31. The van der Waals surface area contributed by atoms with Crippen LogP contribution in [0.3, 0.4) is 0 Å². The Morgan fingerprint density at radius 1 is 1.30 bits per heavy atom. The molecule has 0 aromatic heterocycles. The van der Waals surface area contributed by atoms with E-state index in [9.17, 15) is 9.18 Å². The van der Waals surface area contributed by atoms with E-state index in [1.54, 1.807) is 18.2 Å². The molecule has 152 valence electrons. The number of nitrogens with one attached hydrogen (secondary N) is 2. The predicted molar refractivity (Wildman–Crippen MR) is 116 cm³/mol. The second kappa shape index (κ2) is 12.7. The van der Waals surface area contributed by atoms with Gasteiger partial charge in [0.15, 0.2) is 17.5 Å². The van der Waals surface area contributed by atoms with Crippen molar-refractivity contribution >= 4 is 35.8 Å². The zero-order valence-electron chi connectivity index (χ0n) is 16.0. The van der Waals surface area contributed by atoms with Gasteiger partial charge >= 0.3 is 0 Å². The highest BCUT2D eigenvalue weighted by Crippen LogP contribution is 2.17. The highest BCUT2D eigenvalue weighted by Gasteiger charge is 2.17. The van der Waals surface area contributed by atoms with Crippen molar-refractivity contribution in [2.75, 3.05) is 32.7 Å². The Kier molecular flexibility index (Phi) is 11.1. The molecule has 27 heavy (non-hydrogen) atoms. The number of benzene rings is 1. The fourth-order valence-corrected chi connectivity index (χ4v) is 2.77. The topological polar surface area (TPSA) is 66.0 Å². The van der Waals surface area contributed by atoms with Gasteiger partial charge in [0.1, 0.15) is 6.10 Å². The molecule has 2 N–H and O–H groups in total. The van der Waals surface area contributed by atoms with Crippen LogP contribution in [0.15, 0.2) is 29.3 Å². The number of hydrogen-bond donors (Lipinski definition) is 2. The van der Waals surface area contributed by atoms with E-state index in [0.717, 1.165) is 25.9 Å². The molecule has 8 heteroatoms. The van der Waals surface area contributed by atoms with Crippen LogP contribution in [0.5, 0.6) is 5.75 Å². The molecule has 1 aromatic carbocycles. The molecule has 1 amide bonds. The van der Waals surface area contributed by atoms with E-state index in [-0.39, 0.29) is 47.6 Å². The van der Waals surface area contributed by atoms with Gasteiger partial charge in [-0.25, -0.2) is 9.38 Å². The minimum Gasteiger partial charge on any atom is -0.486 e. The Hall–Kier alpha value is -1.58. The number of carbonyl (C=O) groups excluding carboxylic acids is 1. The molecule has 1 saturated heterocycles. The van der Waals surface area contributed by atoms with Crippen LogP contribution in [-0.4, -0.2) is 55.6 Å². The van der Waals surface area contributed by atoms with Crippen molar-refractivity contribution in [1.82, 2.24) is 15.5 Å². The average molecular weight is 492 g/mol. The third-order valence-electron chi connectivity index (χ3n) is 4.11. The van der Waals surface area contributed by atoms with Gasteiger partial charge in [-0.3, -0.25) is 4.79 Å². The number of para-hydroxylation sites is 1. The lowest BCUT2D eigenvalue weighted by molar-refractivity contribution is -0.129. The minimum atomic E-state index is -0.381. The molecular weight excluding hydrogens is 462 g/mol. The standard InChI is InChI=1S/C19H29FN4O2.HI/c1-3-21-19(22-11-10-18(25)24-12-6-7-13-24)23-14-15(2)26-17-9-5-4-8-16(17)20;/h4-5,8-9,15H,3,6-7,10-14H2,1-2H3,(H2,21,22,23);1H. The van der Waals surface area contributed by atoms with Crippen molar-refractivity contribution in [2.45, 2.75) is 39.2 Å². The number of amides is 1. The number of ether oxygens (including phenoxy) is 1. The third kappa shape index (κ3) is 8.32. The van der Waals surface area contributed by atoms with Crippen molar-refractivity contribution in [3.8, 4) is 5.75 Å². The maximum absolute atomic E-state index is 13.6. The molecule has 0 aliphatic carbocycles. The SMILES string of the molecule is CCNC(=NCC(C)Oc1ccccc1F)NCCC(=O)N1CCCC1.I. The van der Waals surface area contributed by atoms with Gasteiger partial charge in [-0.05, 0) is 38.8 Å². The molecule has 0 radical (unpaired) electrons. The van der Waals surface area contributed by atoms with Gasteiger partial charge in [0.05, 0.1) is 6.54 Å². The van der Waals surface area contributed by atoms with Crippen LogP contribution in [0.4, 0.5) is 4.39 Å². The second-order valence-electron chi connectivity index (χ2n) is 6.34. The first-order valence-electron chi connectivity index (χ1n) is 9.31. The fourth-order valence-electron chi connectivity index (χ4n) is 2.77. The van der Waals surface area contributed by atoms with Crippen LogP contribution < -0.4 is 15.4 Å². The van der Waals surface area contributed by atoms with Crippen molar-refractivity contribution < 1.29 is 13.9 Å². The number of carbonyl (C=O) groups is 1. The first kappa shape index (κ1) is 23.5. The van der Waals surface area contributed by atoms with Crippen LogP contribution >= 0.6 is 24.0 Å². The lowest BCUT2D eigenvalue weighted by Crippen LogP contribution is -2.40. The van der Waals surface area contributed by atoms with Crippen LogP contribution in [0, 0.1) is 5.82 Å². The Labute approximate surface area is 178 Å². The first-order valence-corrected chi connectivity index (χ1v) is 9.31. The summed E-state index contributed by atoms with van der Waals surface area (Å²) in [4.78, 5) is 18.4. The van der Waals surface area contributed by atoms with Crippen LogP contribution in [0.2, 0.25) is 0 Å². The summed E-state index contributed by atoms with van der Waals surface area (Å²) in [6.07, 6.45) is 2.38. The molecule has 0 bridgehead atoms. The lowest BCUT2D eigenvalue weighted by Gasteiger charge is -2.17. The third-order valence-corrected chi connectivity index (χ3v) is 4.11. The highest BCUT2D eigenvalue weighted by molar-refractivity contribution is 14.0. The quantitative estimate of drug-likeness (QED) is 0.333. The van der Waals surface area contributed by atoms with E-state index < -0.39 is 0 Å². The number of aliphatic imine (C=N–C) groups is 1. The van der Waals surface area contributed by atoms with Gasteiger partial charge in [0.2, 0.25) is 5.91 Å². The van der Waals surface area contributed by atoms with Gasteiger partial charge < -0.3 is 20.3 Å². The molecule has 1 heterocycles. The largest absolute Gasteiger partial charge is 0.486 e. The van der Waals surface area contributed by atoms with Crippen molar-refractivity contribution in [3.63, 3.8) is 0 Å². The maximum atomic E-state index is 13.6. The van der Waals surface area contributed by atoms with E-state index in [1.807, 2.05) is 18.7 Å². The fraction of sp³-hybridized carbons (Fsp3) is 0.579. The summed E-state index contributed by atoms with van der Waals surface area (Å²) in [5.74, 6) is 0.658. The summed E-state index contributed by atoms with van der Waals surface area (Å²) in [6.45, 7) is 7.19.